The molecule has 6 aliphatic rings. The van der Waals surface area contributed by atoms with Gasteiger partial charge in [-0.05, 0) is 62.7 Å². The molecule has 1 saturated heterocycles. The summed E-state index contributed by atoms with van der Waals surface area (Å²) in [5.41, 5.74) is 1.45. The summed E-state index contributed by atoms with van der Waals surface area (Å²) in [6, 6.07) is 1.75. The van der Waals surface area contributed by atoms with Crippen LogP contribution in [0.4, 0.5) is 8.78 Å². The van der Waals surface area contributed by atoms with Crippen LogP contribution in [0, 0.1) is 11.6 Å². The van der Waals surface area contributed by atoms with E-state index in [1.165, 1.54) is 6.42 Å². The van der Waals surface area contributed by atoms with Crippen LogP contribution >= 0.6 is 0 Å². The van der Waals surface area contributed by atoms with Gasteiger partial charge in [0.05, 0.1) is 29.7 Å². The van der Waals surface area contributed by atoms with E-state index in [9.17, 15) is 14.4 Å². The van der Waals surface area contributed by atoms with Gasteiger partial charge in [0.2, 0.25) is 18.4 Å². The molecule has 4 aliphatic heterocycles. The minimum absolute atomic E-state index is 0.0708. The van der Waals surface area contributed by atoms with Gasteiger partial charge in [0.15, 0.2) is 22.9 Å². The SMILES string of the molecule is CCC1(OC(=O)CCN2CCCCC2)C(=O)Cc2c1cc1n(c2=O)Cc2c-1nc1c3c(F)c(F)c(c1c2C1CCC1)OCO3. The molecular weight excluding hydrogens is 572 g/mol. The smallest absolute Gasteiger partial charge is 0.308 e. The number of rotatable bonds is 6. The number of aromatic nitrogens is 2. The summed E-state index contributed by atoms with van der Waals surface area (Å²) in [5, 5.41) is 0.397. The molecule has 0 radical (unpaired) electrons. The van der Waals surface area contributed by atoms with Gasteiger partial charge >= 0.3 is 5.97 Å². The number of carbonyl (C=O) groups is 2. The summed E-state index contributed by atoms with van der Waals surface area (Å²) < 4.78 is 48.8. The minimum Gasteiger partial charge on any atom is -0.454 e. The number of pyridine rings is 2. The summed E-state index contributed by atoms with van der Waals surface area (Å²) >= 11 is 0. The molecule has 0 N–H and O–H groups in total. The number of Topliss-reactive ketones (excluding diaryl/α,β-unsaturated/α-hetero) is 1. The molecule has 44 heavy (non-hydrogen) atoms. The molecule has 3 aromatic rings. The molecule has 2 aliphatic carbocycles. The van der Waals surface area contributed by atoms with E-state index in [-0.39, 0.29) is 66.9 Å². The van der Waals surface area contributed by atoms with Crippen molar-refractivity contribution in [1.29, 1.82) is 0 Å². The monoisotopic (exact) mass is 605 g/mol. The molecule has 2 aromatic heterocycles. The number of hydrogen-bond donors (Lipinski definition) is 0. The molecule has 2 fully saturated rings. The molecule has 9 rings (SSSR count). The Morgan fingerprint density at radius 3 is 2.55 bits per heavy atom. The second-order valence-electron chi connectivity index (χ2n) is 12.6. The predicted molar refractivity (Wildman–Crippen MR) is 155 cm³/mol. The molecule has 0 amide bonds. The highest BCUT2D eigenvalue weighted by Crippen LogP contribution is 2.52. The fourth-order valence-corrected chi connectivity index (χ4v) is 7.82. The number of hydrogen-bond acceptors (Lipinski definition) is 8. The highest BCUT2D eigenvalue weighted by Gasteiger charge is 2.51. The maximum absolute atomic E-state index is 15.1. The summed E-state index contributed by atoms with van der Waals surface area (Å²) in [6.45, 7) is 4.07. The third-order valence-electron chi connectivity index (χ3n) is 10.3. The summed E-state index contributed by atoms with van der Waals surface area (Å²) in [7, 11) is 0. The first kappa shape index (κ1) is 27.7. The molecule has 9 nitrogen and oxygen atoms in total. The van der Waals surface area contributed by atoms with Crippen LogP contribution in [0.3, 0.4) is 0 Å². The molecule has 2 bridgehead atoms. The van der Waals surface area contributed by atoms with E-state index in [2.05, 4.69) is 4.90 Å². The predicted octanol–water partition coefficient (Wildman–Crippen LogP) is 4.85. The quantitative estimate of drug-likeness (QED) is 0.288. The Kier molecular flexibility index (Phi) is 6.34. The van der Waals surface area contributed by atoms with Gasteiger partial charge < -0.3 is 23.7 Å². The number of carbonyl (C=O) groups excluding carboxylic acids is 2. The normalized spacial score (nSPS) is 22.2. The molecule has 1 atom stereocenters. The van der Waals surface area contributed by atoms with Crippen LogP contribution < -0.4 is 15.0 Å². The molecule has 1 unspecified atom stereocenters. The summed E-state index contributed by atoms with van der Waals surface area (Å²) in [4.78, 5) is 47.8. The standard InChI is InChI=1S/C33H33F2N3O6/c1-2-33(44-23(40)9-12-37-10-4-3-5-11-37)20-14-21-28-19(15-38(21)32(41)18(20)13-22(33)39)24(17-7-6-8-17)25-29(36-28)31-27(35)26(34)30(25)42-16-43-31/h14,17H,2-13,15-16H2,1H3. The van der Waals surface area contributed by atoms with Crippen molar-refractivity contribution in [3.8, 4) is 22.9 Å². The van der Waals surface area contributed by atoms with E-state index in [1.54, 1.807) is 17.6 Å². The topological polar surface area (TPSA) is 100.0 Å². The van der Waals surface area contributed by atoms with Crippen molar-refractivity contribution in [2.45, 2.75) is 82.8 Å². The number of fused-ring (bicyclic) bond motifs is 7. The fraction of sp³-hybridized carbons (Fsp3) is 0.515. The molecule has 11 heteroatoms. The summed E-state index contributed by atoms with van der Waals surface area (Å²) in [6.07, 6.45) is 6.34. The van der Waals surface area contributed by atoms with Gasteiger partial charge in [0.25, 0.3) is 5.56 Å². The van der Waals surface area contributed by atoms with Gasteiger partial charge in [-0.25, -0.2) is 4.98 Å². The van der Waals surface area contributed by atoms with Crippen molar-refractivity contribution in [2.24, 2.45) is 0 Å². The highest BCUT2D eigenvalue weighted by atomic mass is 19.2. The van der Waals surface area contributed by atoms with E-state index < -0.39 is 23.2 Å². The zero-order valence-electron chi connectivity index (χ0n) is 24.6. The van der Waals surface area contributed by atoms with Gasteiger partial charge in [-0.3, -0.25) is 14.4 Å². The van der Waals surface area contributed by atoms with Crippen molar-refractivity contribution in [2.75, 3.05) is 26.4 Å². The van der Waals surface area contributed by atoms with Crippen molar-refractivity contribution >= 4 is 22.7 Å². The Morgan fingerprint density at radius 2 is 1.82 bits per heavy atom. The zero-order chi connectivity index (χ0) is 30.3. The molecular formula is C33H33F2N3O6. The lowest BCUT2D eigenvalue weighted by molar-refractivity contribution is -0.168. The van der Waals surface area contributed by atoms with Crippen LogP contribution in [0.1, 0.15) is 86.5 Å². The van der Waals surface area contributed by atoms with Crippen molar-refractivity contribution in [3.05, 3.63) is 50.3 Å². The first-order chi connectivity index (χ1) is 21.3. The van der Waals surface area contributed by atoms with Crippen LogP contribution in [0.25, 0.3) is 22.3 Å². The lowest BCUT2D eigenvalue weighted by Gasteiger charge is -2.30. The minimum atomic E-state index is -1.56. The van der Waals surface area contributed by atoms with E-state index in [0.717, 1.165) is 56.3 Å². The van der Waals surface area contributed by atoms with Gasteiger partial charge in [0, 0.05) is 29.7 Å². The Labute approximate surface area is 252 Å². The highest BCUT2D eigenvalue weighted by molar-refractivity contribution is 5.99. The number of ether oxygens (including phenoxy) is 3. The van der Waals surface area contributed by atoms with Crippen molar-refractivity contribution in [1.82, 2.24) is 14.5 Å². The Balaban J connectivity index is 1.25. The lowest BCUT2D eigenvalue weighted by atomic mass is 9.76. The Hall–Kier alpha value is -3.86. The number of halogens is 2. The molecule has 0 spiro atoms. The average molecular weight is 606 g/mol. The second kappa shape index (κ2) is 10.1. The van der Waals surface area contributed by atoms with Crippen LogP contribution in [0.5, 0.6) is 11.5 Å². The van der Waals surface area contributed by atoms with Crippen LogP contribution in [0.15, 0.2) is 10.9 Å². The summed E-state index contributed by atoms with van der Waals surface area (Å²) in [5.74, 6) is -3.51. The number of ketones is 1. The number of piperidine rings is 1. The lowest BCUT2D eigenvalue weighted by Crippen LogP contribution is -2.38. The van der Waals surface area contributed by atoms with Crippen molar-refractivity contribution in [3.63, 3.8) is 0 Å². The number of likely N-dealkylation sites (tertiary alicyclic amines) is 1. The first-order valence-corrected chi connectivity index (χ1v) is 15.7. The molecule has 1 saturated carbocycles. The van der Waals surface area contributed by atoms with Gasteiger partial charge in [-0.2, -0.15) is 8.78 Å². The van der Waals surface area contributed by atoms with E-state index in [1.807, 2.05) is 0 Å². The van der Waals surface area contributed by atoms with Gasteiger partial charge in [-0.15, -0.1) is 0 Å². The number of esters is 1. The van der Waals surface area contributed by atoms with Crippen LogP contribution in [0.2, 0.25) is 0 Å². The maximum Gasteiger partial charge on any atom is 0.308 e. The molecule has 230 valence electrons. The second-order valence-corrected chi connectivity index (χ2v) is 12.6. The molecule has 1 aromatic carbocycles. The van der Waals surface area contributed by atoms with E-state index in [4.69, 9.17) is 19.2 Å². The zero-order valence-corrected chi connectivity index (χ0v) is 24.6. The van der Waals surface area contributed by atoms with E-state index in [0.29, 0.717) is 34.4 Å². The number of benzene rings is 1. The van der Waals surface area contributed by atoms with Crippen LogP contribution in [-0.2, 0) is 32.9 Å². The average Bonchev–Trinajstić information content (AvgIpc) is 3.36. The third-order valence-corrected chi connectivity index (χ3v) is 10.3. The maximum atomic E-state index is 15.1. The van der Waals surface area contributed by atoms with Crippen LogP contribution in [-0.4, -0.2) is 52.6 Å². The fourth-order valence-electron chi connectivity index (χ4n) is 7.82. The Bertz CT molecular complexity index is 1830. The Morgan fingerprint density at radius 1 is 1.07 bits per heavy atom. The van der Waals surface area contributed by atoms with Gasteiger partial charge in [-0.1, -0.05) is 19.8 Å². The molecule has 6 heterocycles. The van der Waals surface area contributed by atoms with E-state index >= 15 is 8.78 Å². The number of nitrogens with zero attached hydrogens (tertiary/aromatic N) is 3. The van der Waals surface area contributed by atoms with Gasteiger partial charge in [0.1, 0.15) is 5.52 Å². The largest absolute Gasteiger partial charge is 0.454 e. The first-order valence-electron chi connectivity index (χ1n) is 15.7. The third kappa shape index (κ3) is 3.83. The van der Waals surface area contributed by atoms with Crippen molar-refractivity contribution < 1.29 is 32.6 Å².